The lowest BCUT2D eigenvalue weighted by molar-refractivity contribution is 0.251. The molecule has 1 aromatic carbocycles. The molecule has 0 aliphatic carbocycles. The second kappa shape index (κ2) is 7.02. The second-order valence-corrected chi connectivity index (χ2v) is 5.90. The van der Waals surface area contributed by atoms with Crippen LogP contribution in [0.1, 0.15) is 11.3 Å². The van der Waals surface area contributed by atoms with Crippen molar-refractivity contribution in [1.82, 2.24) is 15.3 Å². The van der Waals surface area contributed by atoms with Crippen LogP contribution >= 0.6 is 11.3 Å². The van der Waals surface area contributed by atoms with E-state index in [0.29, 0.717) is 6.54 Å². The highest BCUT2D eigenvalue weighted by molar-refractivity contribution is 7.13. The minimum Gasteiger partial charge on any atom is -0.334 e. The molecule has 2 N–H and O–H groups in total. The number of nitrogens with zero attached hydrogens (tertiary/aromatic N) is 2. The Morgan fingerprint density at radius 1 is 1.22 bits per heavy atom. The van der Waals surface area contributed by atoms with E-state index in [-0.39, 0.29) is 6.03 Å². The van der Waals surface area contributed by atoms with Crippen LogP contribution < -0.4 is 10.6 Å². The summed E-state index contributed by atoms with van der Waals surface area (Å²) in [5, 5.41) is 8.62. The van der Waals surface area contributed by atoms with Crippen LogP contribution in [0.2, 0.25) is 0 Å². The van der Waals surface area contributed by atoms with Crippen LogP contribution in [-0.2, 0) is 6.54 Å². The SMILES string of the molecule is Cc1csc(-c2cccc(NC(=O)NCc3ccncc3)c2)n1. The van der Waals surface area contributed by atoms with Gasteiger partial charge in [0.25, 0.3) is 0 Å². The van der Waals surface area contributed by atoms with E-state index in [4.69, 9.17) is 0 Å². The molecule has 116 valence electrons. The largest absolute Gasteiger partial charge is 0.334 e. The van der Waals surface area contributed by atoms with Gasteiger partial charge in [0, 0.05) is 41.3 Å². The first-order valence-corrected chi connectivity index (χ1v) is 8.05. The Morgan fingerprint density at radius 3 is 2.78 bits per heavy atom. The van der Waals surface area contributed by atoms with Gasteiger partial charge in [0.2, 0.25) is 0 Å². The quantitative estimate of drug-likeness (QED) is 0.766. The van der Waals surface area contributed by atoms with Crippen LogP contribution in [0.25, 0.3) is 10.6 Å². The first-order valence-electron chi connectivity index (χ1n) is 7.17. The van der Waals surface area contributed by atoms with Crippen LogP contribution in [0.15, 0.2) is 54.2 Å². The molecule has 0 bridgehead atoms. The van der Waals surface area contributed by atoms with Crippen LogP contribution in [0.4, 0.5) is 10.5 Å². The van der Waals surface area contributed by atoms with Crippen molar-refractivity contribution in [2.24, 2.45) is 0 Å². The summed E-state index contributed by atoms with van der Waals surface area (Å²) in [5.41, 5.74) is 3.73. The van der Waals surface area contributed by atoms with Crippen molar-refractivity contribution >= 4 is 23.1 Å². The average molecular weight is 324 g/mol. The zero-order valence-corrected chi connectivity index (χ0v) is 13.4. The molecule has 0 atom stereocenters. The first-order chi connectivity index (χ1) is 11.2. The molecule has 3 aromatic rings. The molecule has 5 nitrogen and oxygen atoms in total. The van der Waals surface area contributed by atoms with Gasteiger partial charge in [-0.05, 0) is 36.8 Å². The van der Waals surface area contributed by atoms with Gasteiger partial charge in [-0.15, -0.1) is 11.3 Å². The normalized spacial score (nSPS) is 10.3. The minimum absolute atomic E-state index is 0.241. The Balaban J connectivity index is 1.62. The summed E-state index contributed by atoms with van der Waals surface area (Å²) in [6.45, 7) is 2.42. The van der Waals surface area contributed by atoms with Gasteiger partial charge < -0.3 is 10.6 Å². The van der Waals surface area contributed by atoms with Crippen molar-refractivity contribution < 1.29 is 4.79 Å². The summed E-state index contributed by atoms with van der Waals surface area (Å²) in [4.78, 5) is 20.4. The highest BCUT2D eigenvalue weighted by atomic mass is 32.1. The Bertz CT molecular complexity index is 801. The molecule has 3 rings (SSSR count). The van der Waals surface area contributed by atoms with Gasteiger partial charge >= 0.3 is 6.03 Å². The Hall–Kier alpha value is -2.73. The summed E-state index contributed by atoms with van der Waals surface area (Å²) in [7, 11) is 0. The number of thiazole rings is 1. The number of amides is 2. The maximum atomic E-state index is 12.0. The standard InChI is InChI=1S/C17H16N4OS/c1-12-11-23-16(20-12)14-3-2-4-15(9-14)21-17(22)19-10-13-5-7-18-8-6-13/h2-9,11H,10H2,1H3,(H2,19,21,22). The van der Waals surface area contributed by atoms with E-state index in [1.807, 2.05) is 48.7 Å². The van der Waals surface area contributed by atoms with Crippen molar-refractivity contribution in [3.05, 3.63) is 65.4 Å². The maximum Gasteiger partial charge on any atom is 0.319 e. The predicted octanol–water partition coefficient (Wildman–Crippen LogP) is 3.84. The number of carbonyl (C=O) groups is 1. The van der Waals surface area contributed by atoms with Gasteiger partial charge in [0.05, 0.1) is 0 Å². The molecule has 23 heavy (non-hydrogen) atoms. The van der Waals surface area contributed by atoms with Crippen molar-refractivity contribution in [3.8, 4) is 10.6 Å². The topological polar surface area (TPSA) is 66.9 Å². The second-order valence-electron chi connectivity index (χ2n) is 5.04. The summed E-state index contributed by atoms with van der Waals surface area (Å²) in [6, 6.07) is 11.2. The van der Waals surface area contributed by atoms with Gasteiger partial charge in [-0.1, -0.05) is 12.1 Å². The summed E-state index contributed by atoms with van der Waals surface area (Å²) >= 11 is 1.59. The lowest BCUT2D eigenvalue weighted by Gasteiger charge is -2.08. The third-order valence-corrected chi connectivity index (χ3v) is 4.20. The molecule has 0 saturated heterocycles. The summed E-state index contributed by atoms with van der Waals surface area (Å²) in [5.74, 6) is 0. The van der Waals surface area contributed by atoms with Crippen molar-refractivity contribution in [2.75, 3.05) is 5.32 Å². The molecule has 2 heterocycles. The number of carbonyl (C=O) groups excluding carboxylic acids is 1. The molecule has 0 saturated carbocycles. The number of anilines is 1. The average Bonchev–Trinajstić information content (AvgIpc) is 3.01. The number of benzene rings is 1. The molecule has 2 amide bonds. The van der Waals surface area contributed by atoms with Crippen molar-refractivity contribution in [3.63, 3.8) is 0 Å². The molecule has 0 spiro atoms. The van der Waals surface area contributed by atoms with Gasteiger partial charge in [0.1, 0.15) is 5.01 Å². The molecular weight excluding hydrogens is 308 g/mol. The lowest BCUT2D eigenvalue weighted by Crippen LogP contribution is -2.28. The Labute approximate surface area is 138 Å². The number of rotatable bonds is 4. The van der Waals surface area contributed by atoms with Crippen LogP contribution in [0, 0.1) is 6.92 Å². The summed E-state index contributed by atoms with van der Waals surface area (Å²) < 4.78 is 0. The molecule has 0 aliphatic heterocycles. The van der Waals surface area contributed by atoms with Crippen LogP contribution in [0.3, 0.4) is 0 Å². The maximum absolute atomic E-state index is 12.0. The highest BCUT2D eigenvalue weighted by Gasteiger charge is 2.06. The molecule has 6 heteroatoms. The smallest absolute Gasteiger partial charge is 0.319 e. The van der Waals surface area contributed by atoms with E-state index in [9.17, 15) is 4.79 Å². The molecule has 2 aromatic heterocycles. The number of aryl methyl sites for hydroxylation is 1. The molecule has 0 unspecified atom stereocenters. The van der Waals surface area contributed by atoms with E-state index in [1.54, 1.807) is 23.7 Å². The molecule has 0 aliphatic rings. The monoisotopic (exact) mass is 324 g/mol. The number of hydrogen-bond acceptors (Lipinski definition) is 4. The number of pyridine rings is 1. The van der Waals surface area contributed by atoms with Crippen molar-refractivity contribution in [2.45, 2.75) is 13.5 Å². The third kappa shape index (κ3) is 4.14. The van der Waals surface area contributed by atoms with Gasteiger partial charge in [0.15, 0.2) is 0 Å². The van der Waals surface area contributed by atoms with E-state index in [1.165, 1.54) is 0 Å². The van der Waals surface area contributed by atoms with Crippen LogP contribution in [0.5, 0.6) is 0 Å². The minimum atomic E-state index is -0.241. The fraction of sp³-hybridized carbons (Fsp3) is 0.118. The van der Waals surface area contributed by atoms with Gasteiger partial charge in [-0.3, -0.25) is 4.98 Å². The fourth-order valence-corrected chi connectivity index (χ4v) is 2.87. The number of urea groups is 1. The summed E-state index contributed by atoms with van der Waals surface area (Å²) in [6.07, 6.45) is 3.41. The van der Waals surface area contributed by atoms with Gasteiger partial charge in [-0.25, -0.2) is 9.78 Å². The molecular formula is C17H16N4OS. The van der Waals surface area contributed by atoms with E-state index < -0.39 is 0 Å². The number of hydrogen-bond donors (Lipinski definition) is 2. The van der Waals surface area contributed by atoms with Crippen molar-refractivity contribution in [1.29, 1.82) is 0 Å². The van der Waals surface area contributed by atoms with E-state index in [2.05, 4.69) is 20.6 Å². The highest BCUT2D eigenvalue weighted by Crippen LogP contribution is 2.25. The Kier molecular flexibility index (Phi) is 4.63. The Morgan fingerprint density at radius 2 is 2.04 bits per heavy atom. The zero-order valence-electron chi connectivity index (χ0n) is 12.6. The fourth-order valence-electron chi connectivity index (χ4n) is 2.07. The molecule has 0 radical (unpaired) electrons. The number of nitrogens with one attached hydrogen (secondary N) is 2. The predicted molar refractivity (Wildman–Crippen MR) is 92.4 cm³/mol. The lowest BCUT2D eigenvalue weighted by atomic mass is 10.2. The van der Waals surface area contributed by atoms with E-state index in [0.717, 1.165) is 27.5 Å². The third-order valence-electron chi connectivity index (χ3n) is 3.19. The number of aromatic nitrogens is 2. The molecule has 0 fully saturated rings. The van der Waals surface area contributed by atoms with Crippen LogP contribution in [-0.4, -0.2) is 16.0 Å². The van der Waals surface area contributed by atoms with Gasteiger partial charge in [-0.2, -0.15) is 0 Å². The first kappa shape index (κ1) is 15.2. The van der Waals surface area contributed by atoms with E-state index >= 15 is 0 Å². The zero-order chi connectivity index (χ0) is 16.1.